The van der Waals surface area contributed by atoms with E-state index in [0.29, 0.717) is 10.6 Å². The van der Waals surface area contributed by atoms with Crippen molar-refractivity contribution in [3.05, 3.63) is 70.2 Å². The van der Waals surface area contributed by atoms with Gasteiger partial charge in [0.05, 0.1) is 16.3 Å². The van der Waals surface area contributed by atoms with Crippen LogP contribution in [0.3, 0.4) is 0 Å². The van der Waals surface area contributed by atoms with Crippen molar-refractivity contribution in [2.75, 3.05) is 0 Å². The first-order valence-corrected chi connectivity index (χ1v) is 7.87. The number of hydrazone groups is 1. The Morgan fingerprint density at radius 3 is 2.22 bits per heavy atom. The van der Waals surface area contributed by atoms with Crippen molar-refractivity contribution in [3.63, 3.8) is 0 Å². The van der Waals surface area contributed by atoms with Crippen LogP contribution >= 0.6 is 11.6 Å². The number of rotatable bonds is 3. The van der Waals surface area contributed by atoms with E-state index in [0.717, 1.165) is 11.3 Å². The summed E-state index contributed by atoms with van der Waals surface area (Å²) in [6, 6.07) is 15.1. The van der Waals surface area contributed by atoms with Gasteiger partial charge in [-0.2, -0.15) is 5.10 Å². The average Bonchev–Trinajstić information content (AvgIpc) is 2.52. The van der Waals surface area contributed by atoms with Crippen LogP contribution in [-0.4, -0.2) is 11.6 Å². The van der Waals surface area contributed by atoms with Crippen molar-refractivity contribution < 1.29 is 4.79 Å². The molecule has 2 aromatic carbocycles. The minimum Gasteiger partial charge on any atom is -0.267 e. The summed E-state index contributed by atoms with van der Waals surface area (Å²) in [5, 5.41) is 4.57. The van der Waals surface area contributed by atoms with Crippen LogP contribution < -0.4 is 5.43 Å². The van der Waals surface area contributed by atoms with Gasteiger partial charge in [-0.05, 0) is 35.6 Å². The molecule has 0 fully saturated rings. The lowest BCUT2D eigenvalue weighted by Crippen LogP contribution is -2.19. The maximum atomic E-state index is 12.1. The Balaban J connectivity index is 2.11. The first-order chi connectivity index (χ1) is 10.8. The van der Waals surface area contributed by atoms with Gasteiger partial charge in [-0.15, -0.1) is 0 Å². The second-order valence-corrected chi connectivity index (χ2v) is 6.85. The van der Waals surface area contributed by atoms with Gasteiger partial charge >= 0.3 is 0 Å². The summed E-state index contributed by atoms with van der Waals surface area (Å²) >= 11 is 6.00. The Hall–Kier alpha value is -2.13. The summed E-state index contributed by atoms with van der Waals surface area (Å²) in [5.74, 6) is -0.318. The van der Waals surface area contributed by atoms with E-state index in [1.54, 1.807) is 24.3 Å². The van der Waals surface area contributed by atoms with Crippen molar-refractivity contribution in [3.8, 4) is 0 Å². The van der Waals surface area contributed by atoms with Crippen LogP contribution in [0, 0.1) is 0 Å². The molecule has 0 unspecified atom stereocenters. The third-order valence-corrected chi connectivity index (χ3v) is 3.94. The SMILES string of the molecule is CC(=NNC(=O)c1ccccc1Cl)c1ccc(C(C)(C)C)cc1. The summed E-state index contributed by atoms with van der Waals surface area (Å²) < 4.78 is 0. The summed E-state index contributed by atoms with van der Waals surface area (Å²) in [6.45, 7) is 8.38. The first-order valence-electron chi connectivity index (χ1n) is 7.49. The Morgan fingerprint density at radius 2 is 1.65 bits per heavy atom. The summed E-state index contributed by atoms with van der Waals surface area (Å²) in [5.41, 5.74) is 6.04. The Labute approximate surface area is 142 Å². The molecule has 0 saturated carbocycles. The predicted octanol–water partition coefficient (Wildman–Crippen LogP) is 4.79. The fraction of sp³-hybridized carbons (Fsp3) is 0.263. The van der Waals surface area contributed by atoms with Crippen LogP contribution in [-0.2, 0) is 5.41 Å². The second-order valence-electron chi connectivity index (χ2n) is 6.45. The molecule has 0 aliphatic heterocycles. The Bertz CT molecular complexity index is 728. The number of nitrogens with one attached hydrogen (secondary N) is 1. The molecule has 0 radical (unpaired) electrons. The summed E-state index contributed by atoms with van der Waals surface area (Å²) in [7, 11) is 0. The molecule has 1 N–H and O–H groups in total. The molecule has 2 rings (SSSR count). The van der Waals surface area contributed by atoms with Crippen molar-refractivity contribution in [1.82, 2.24) is 5.43 Å². The highest BCUT2D eigenvalue weighted by atomic mass is 35.5. The summed E-state index contributed by atoms with van der Waals surface area (Å²) in [6.07, 6.45) is 0. The normalized spacial score (nSPS) is 12.1. The molecule has 0 aliphatic carbocycles. The van der Waals surface area contributed by atoms with Crippen LogP contribution in [0.25, 0.3) is 0 Å². The predicted molar refractivity (Wildman–Crippen MR) is 96.3 cm³/mol. The number of hydrogen-bond acceptors (Lipinski definition) is 2. The van der Waals surface area contributed by atoms with Crippen molar-refractivity contribution in [2.45, 2.75) is 33.1 Å². The van der Waals surface area contributed by atoms with Gasteiger partial charge in [0.1, 0.15) is 0 Å². The van der Waals surface area contributed by atoms with E-state index in [1.165, 1.54) is 5.56 Å². The molecule has 3 nitrogen and oxygen atoms in total. The monoisotopic (exact) mass is 328 g/mol. The third kappa shape index (κ3) is 4.42. The molecule has 0 heterocycles. The van der Waals surface area contributed by atoms with Crippen molar-refractivity contribution >= 4 is 23.2 Å². The van der Waals surface area contributed by atoms with Gasteiger partial charge in [0.25, 0.3) is 5.91 Å². The number of carbonyl (C=O) groups is 1. The minimum absolute atomic E-state index is 0.113. The molecule has 0 spiro atoms. The third-order valence-electron chi connectivity index (χ3n) is 3.61. The molecule has 0 aliphatic rings. The molecule has 0 atom stereocenters. The van der Waals surface area contributed by atoms with Gasteiger partial charge in [-0.25, -0.2) is 5.43 Å². The molecule has 0 aromatic heterocycles. The van der Waals surface area contributed by atoms with Crippen molar-refractivity contribution in [2.24, 2.45) is 5.10 Å². The van der Waals surface area contributed by atoms with E-state index in [9.17, 15) is 4.79 Å². The number of amides is 1. The first kappa shape index (κ1) is 17.2. The highest BCUT2D eigenvalue weighted by Crippen LogP contribution is 2.22. The van der Waals surface area contributed by atoms with Crippen LogP contribution in [0.2, 0.25) is 5.02 Å². The zero-order valence-corrected chi connectivity index (χ0v) is 14.6. The number of carbonyl (C=O) groups excluding carboxylic acids is 1. The lowest BCUT2D eigenvalue weighted by molar-refractivity contribution is 0.0955. The van der Waals surface area contributed by atoms with Crippen LogP contribution in [0.1, 0.15) is 49.2 Å². The van der Waals surface area contributed by atoms with E-state index in [1.807, 2.05) is 19.1 Å². The van der Waals surface area contributed by atoms with Crippen LogP contribution in [0.15, 0.2) is 53.6 Å². The minimum atomic E-state index is -0.318. The van der Waals surface area contributed by atoms with Crippen LogP contribution in [0.5, 0.6) is 0 Å². The molecule has 0 saturated heterocycles. The lowest BCUT2D eigenvalue weighted by Gasteiger charge is -2.19. The Kier molecular flexibility index (Phi) is 5.22. The molecule has 120 valence electrons. The van der Waals surface area contributed by atoms with E-state index >= 15 is 0 Å². The molecular formula is C19H21ClN2O. The van der Waals surface area contributed by atoms with Crippen LogP contribution in [0.4, 0.5) is 0 Å². The standard InChI is InChI=1S/C19H21ClN2O/c1-13(14-9-11-15(12-10-14)19(2,3)4)21-22-18(23)16-7-5-6-8-17(16)20/h5-12H,1-4H3,(H,22,23). The van der Waals surface area contributed by atoms with E-state index in [-0.39, 0.29) is 11.3 Å². The fourth-order valence-electron chi connectivity index (χ4n) is 2.12. The highest BCUT2D eigenvalue weighted by molar-refractivity contribution is 6.33. The van der Waals surface area contributed by atoms with E-state index in [2.05, 4.69) is 43.4 Å². The van der Waals surface area contributed by atoms with E-state index in [4.69, 9.17) is 11.6 Å². The second kappa shape index (κ2) is 6.97. The topological polar surface area (TPSA) is 41.5 Å². The maximum absolute atomic E-state index is 12.1. The smallest absolute Gasteiger partial charge is 0.267 e. The average molecular weight is 329 g/mol. The highest BCUT2D eigenvalue weighted by Gasteiger charge is 2.13. The quantitative estimate of drug-likeness (QED) is 0.638. The maximum Gasteiger partial charge on any atom is 0.272 e. The van der Waals surface area contributed by atoms with Gasteiger partial charge in [-0.3, -0.25) is 4.79 Å². The van der Waals surface area contributed by atoms with Gasteiger partial charge in [-0.1, -0.05) is 68.8 Å². The van der Waals surface area contributed by atoms with Gasteiger partial charge < -0.3 is 0 Å². The molecule has 4 heteroatoms. The zero-order chi connectivity index (χ0) is 17.0. The van der Waals surface area contributed by atoms with Crippen molar-refractivity contribution in [1.29, 1.82) is 0 Å². The van der Waals surface area contributed by atoms with Gasteiger partial charge in [0, 0.05) is 0 Å². The Morgan fingerprint density at radius 1 is 1.04 bits per heavy atom. The zero-order valence-electron chi connectivity index (χ0n) is 13.9. The molecule has 1 amide bonds. The lowest BCUT2D eigenvalue weighted by atomic mass is 9.86. The molecule has 2 aromatic rings. The van der Waals surface area contributed by atoms with Gasteiger partial charge in [0.15, 0.2) is 0 Å². The summed E-state index contributed by atoms with van der Waals surface area (Å²) in [4.78, 5) is 12.1. The molecule has 23 heavy (non-hydrogen) atoms. The molecular weight excluding hydrogens is 308 g/mol. The number of halogens is 1. The number of hydrogen-bond donors (Lipinski definition) is 1. The number of nitrogens with zero attached hydrogens (tertiary/aromatic N) is 1. The van der Waals surface area contributed by atoms with E-state index < -0.39 is 0 Å². The van der Waals surface area contributed by atoms with Gasteiger partial charge in [0.2, 0.25) is 0 Å². The molecule has 0 bridgehead atoms. The fourth-order valence-corrected chi connectivity index (χ4v) is 2.34. The number of benzene rings is 2. The largest absolute Gasteiger partial charge is 0.272 e.